The Morgan fingerprint density at radius 2 is 1.94 bits per heavy atom. The molecule has 4 rings (SSSR count). The molecule has 0 radical (unpaired) electrons. The van der Waals surface area contributed by atoms with Crippen LogP contribution in [0.2, 0.25) is 0 Å². The highest BCUT2D eigenvalue weighted by atomic mass is 35.7. The van der Waals surface area contributed by atoms with Crippen LogP contribution in [-0.4, -0.2) is 44.2 Å². The van der Waals surface area contributed by atoms with Crippen molar-refractivity contribution >= 4 is 36.5 Å². The number of H-pyrrole nitrogens is 1. The van der Waals surface area contributed by atoms with E-state index in [-0.39, 0.29) is 10.6 Å². The van der Waals surface area contributed by atoms with Gasteiger partial charge in [-0.05, 0) is 38.0 Å². The largest absolute Gasteiger partial charge is 0.493 e. The number of ether oxygens (including phenoxy) is 1. The van der Waals surface area contributed by atoms with E-state index in [9.17, 15) is 13.2 Å². The van der Waals surface area contributed by atoms with Crippen molar-refractivity contribution in [3.05, 3.63) is 34.5 Å². The normalized spacial score (nSPS) is 12.1. The van der Waals surface area contributed by atoms with Crippen molar-refractivity contribution in [2.24, 2.45) is 0 Å². The standard InChI is InChI=1S/C19H21ClN6O4S/c1-4-8-25-17-15(18-24-23-11(3)26(18)19(25)27)21-16(22-17)13-10-12(31(20,28)29)6-7-14(13)30-9-5-2/h6-7,10H,4-5,8-9H2,1-3H3,(H,21,22). The lowest BCUT2D eigenvalue weighted by atomic mass is 10.2. The maximum Gasteiger partial charge on any atom is 0.337 e. The van der Waals surface area contributed by atoms with E-state index in [1.54, 1.807) is 17.6 Å². The lowest BCUT2D eigenvalue weighted by Gasteiger charge is -2.10. The summed E-state index contributed by atoms with van der Waals surface area (Å²) in [6.45, 7) is 6.51. The lowest BCUT2D eigenvalue weighted by molar-refractivity contribution is 0.318. The molecule has 164 valence electrons. The summed E-state index contributed by atoms with van der Waals surface area (Å²) >= 11 is 0. The molecule has 12 heteroatoms. The number of rotatable bonds is 7. The Balaban J connectivity index is 2.04. The topological polar surface area (TPSA) is 124 Å². The van der Waals surface area contributed by atoms with Gasteiger partial charge in [0.1, 0.15) is 22.9 Å². The van der Waals surface area contributed by atoms with Gasteiger partial charge in [0.2, 0.25) is 0 Å². The Hall–Kier alpha value is -2.92. The number of nitrogens with one attached hydrogen (secondary N) is 1. The molecule has 31 heavy (non-hydrogen) atoms. The lowest BCUT2D eigenvalue weighted by Crippen LogP contribution is -2.27. The van der Waals surface area contributed by atoms with E-state index in [1.807, 2.05) is 13.8 Å². The summed E-state index contributed by atoms with van der Waals surface area (Å²) in [7, 11) is 1.59. The minimum absolute atomic E-state index is 0.0807. The average Bonchev–Trinajstić information content (AvgIpc) is 3.33. The monoisotopic (exact) mass is 464 g/mol. The van der Waals surface area contributed by atoms with Gasteiger partial charge in [-0.2, -0.15) is 0 Å². The number of imidazole rings is 1. The van der Waals surface area contributed by atoms with Crippen LogP contribution in [0.4, 0.5) is 0 Å². The molecule has 1 aromatic carbocycles. The molecule has 4 aromatic rings. The molecule has 0 saturated carbocycles. The molecule has 3 aromatic heterocycles. The van der Waals surface area contributed by atoms with Gasteiger partial charge in [0.15, 0.2) is 11.3 Å². The van der Waals surface area contributed by atoms with E-state index < -0.39 is 9.05 Å². The summed E-state index contributed by atoms with van der Waals surface area (Å²) < 4.78 is 32.6. The fourth-order valence-electron chi connectivity index (χ4n) is 3.42. The quantitative estimate of drug-likeness (QED) is 0.417. The van der Waals surface area contributed by atoms with Gasteiger partial charge in [-0.3, -0.25) is 4.57 Å². The molecule has 0 bridgehead atoms. The van der Waals surface area contributed by atoms with Crippen molar-refractivity contribution in [3.63, 3.8) is 0 Å². The number of hydrogen-bond acceptors (Lipinski definition) is 7. The summed E-state index contributed by atoms with van der Waals surface area (Å²) in [5, 5.41) is 8.15. The van der Waals surface area contributed by atoms with Crippen LogP contribution in [-0.2, 0) is 15.6 Å². The van der Waals surface area contributed by atoms with E-state index in [0.29, 0.717) is 59.3 Å². The molecule has 0 aliphatic rings. The Kier molecular flexibility index (Phi) is 5.48. The average molecular weight is 465 g/mol. The SMILES string of the molecule is CCCOc1ccc(S(=O)(=O)Cl)cc1-c1nc2c([nH]1)c1nnc(C)n1c(=O)n2CCC. The predicted octanol–water partition coefficient (Wildman–Crippen LogP) is 2.87. The van der Waals surface area contributed by atoms with Crippen molar-refractivity contribution in [1.82, 2.24) is 29.1 Å². The van der Waals surface area contributed by atoms with Crippen LogP contribution in [0.5, 0.6) is 5.75 Å². The number of aromatic amines is 1. The second-order valence-corrected chi connectivity index (χ2v) is 9.63. The highest BCUT2D eigenvalue weighted by Crippen LogP contribution is 2.33. The molecule has 0 spiro atoms. The van der Waals surface area contributed by atoms with Gasteiger partial charge in [0, 0.05) is 17.2 Å². The van der Waals surface area contributed by atoms with Gasteiger partial charge in [-0.15, -0.1) is 10.2 Å². The molecule has 0 aliphatic carbocycles. The van der Waals surface area contributed by atoms with Gasteiger partial charge in [0.25, 0.3) is 9.05 Å². The van der Waals surface area contributed by atoms with Crippen LogP contribution in [0.3, 0.4) is 0 Å². The highest BCUT2D eigenvalue weighted by molar-refractivity contribution is 8.13. The first-order chi connectivity index (χ1) is 14.8. The molecule has 0 atom stereocenters. The van der Waals surface area contributed by atoms with E-state index in [1.165, 1.54) is 16.5 Å². The molecule has 3 heterocycles. The zero-order valence-corrected chi connectivity index (χ0v) is 18.8. The Bertz CT molecular complexity index is 1450. The number of halogens is 1. The van der Waals surface area contributed by atoms with Gasteiger partial charge in [-0.1, -0.05) is 13.8 Å². The van der Waals surface area contributed by atoms with Crippen LogP contribution >= 0.6 is 10.7 Å². The van der Waals surface area contributed by atoms with Crippen molar-refractivity contribution in [1.29, 1.82) is 0 Å². The third-order valence-corrected chi connectivity index (χ3v) is 6.16. The van der Waals surface area contributed by atoms with E-state index >= 15 is 0 Å². The number of aromatic nitrogens is 6. The van der Waals surface area contributed by atoms with Crippen LogP contribution in [0.1, 0.15) is 32.5 Å². The van der Waals surface area contributed by atoms with Crippen molar-refractivity contribution in [3.8, 4) is 17.1 Å². The van der Waals surface area contributed by atoms with Crippen LogP contribution in [0, 0.1) is 6.92 Å². The molecule has 1 N–H and O–H groups in total. The first kappa shape index (κ1) is 21.3. The van der Waals surface area contributed by atoms with Crippen LogP contribution in [0.25, 0.3) is 28.2 Å². The molecule has 0 saturated heterocycles. The van der Waals surface area contributed by atoms with Crippen molar-refractivity contribution in [2.75, 3.05) is 6.61 Å². The summed E-state index contributed by atoms with van der Waals surface area (Å²) in [5.74, 6) is 1.24. The summed E-state index contributed by atoms with van der Waals surface area (Å²) in [4.78, 5) is 20.7. The smallest absolute Gasteiger partial charge is 0.337 e. The maximum atomic E-state index is 13.0. The number of fused-ring (bicyclic) bond motifs is 3. The maximum absolute atomic E-state index is 13.0. The first-order valence-corrected chi connectivity index (χ1v) is 12.1. The molecule has 0 unspecified atom stereocenters. The van der Waals surface area contributed by atoms with Crippen LogP contribution in [0.15, 0.2) is 27.9 Å². The zero-order valence-electron chi connectivity index (χ0n) is 17.2. The summed E-state index contributed by atoms with van der Waals surface area (Å²) in [5.41, 5.74) is 1.40. The number of hydrogen-bond donors (Lipinski definition) is 1. The minimum atomic E-state index is -3.96. The molecule has 0 aliphatic heterocycles. The molecular formula is C19H21ClN6O4S. The van der Waals surface area contributed by atoms with Gasteiger partial charge in [0.05, 0.1) is 17.1 Å². The predicted molar refractivity (Wildman–Crippen MR) is 116 cm³/mol. The fourth-order valence-corrected chi connectivity index (χ4v) is 4.19. The van der Waals surface area contributed by atoms with E-state index in [4.69, 9.17) is 15.4 Å². The number of benzene rings is 1. The second-order valence-electron chi connectivity index (χ2n) is 7.07. The third-order valence-electron chi connectivity index (χ3n) is 4.81. The van der Waals surface area contributed by atoms with E-state index in [0.717, 1.165) is 6.42 Å². The first-order valence-electron chi connectivity index (χ1n) is 9.82. The number of nitrogens with zero attached hydrogens (tertiary/aromatic N) is 5. The minimum Gasteiger partial charge on any atom is -0.493 e. The second kappa shape index (κ2) is 7.97. The Morgan fingerprint density at radius 1 is 1.16 bits per heavy atom. The molecule has 0 fully saturated rings. The van der Waals surface area contributed by atoms with Crippen molar-refractivity contribution in [2.45, 2.75) is 45.1 Å². The van der Waals surface area contributed by atoms with Gasteiger partial charge in [-0.25, -0.2) is 22.6 Å². The Labute approximate surface area is 182 Å². The molecular weight excluding hydrogens is 444 g/mol. The number of aryl methyl sites for hydroxylation is 2. The Morgan fingerprint density at radius 3 is 2.61 bits per heavy atom. The molecule has 0 amide bonds. The van der Waals surface area contributed by atoms with Crippen LogP contribution < -0.4 is 10.4 Å². The van der Waals surface area contributed by atoms with Gasteiger partial charge < -0.3 is 9.72 Å². The summed E-state index contributed by atoms with van der Waals surface area (Å²) in [6.07, 6.45) is 1.49. The fraction of sp³-hybridized carbons (Fsp3) is 0.368. The summed E-state index contributed by atoms with van der Waals surface area (Å²) in [6, 6.07) is 4.33. The zero-order chi connectivity index (χ0) is 22.3. The van der Waals surface area contributed by atoms with Gasteiger partial charge >= 0.3 is 5.69 Å². The van der Waals surface area contributed by atoms with Crippen molar-refractivity contribution < 1.29 is 13.2 Å². The van der Waals surface area contributed by atoms with E-state index in [2.05, 4.69) is 20.2 Å². The molecule has 10 nitrogen and oxygen atoms in total. The third kappa shape index (κ3) is 3.68. The highest BCUT2D eigenvalue weighted by Gasteiger charge is 2.22.